The summed E-state index contributed by atoms with van der Waals surface area (Å²) in [5.74, 6) is -0.701. The summed E-state index contributed by atoms with van der Waals surface area (Å²) in [7, 11) is 0. The molecule has 0 saturated heterocycles. The second kappa shape index (κ2) is 6.58. The van der Waals surface area contributed by atoms with E-state index in [0.717, 1.165) is 3.57 Å². The molecule has 0 heterocycles. The molecule has 0 aliphatic rings. The fourth-order valence-electron chi connectivity index (χ4n) is 1.21. The van der Waals surface area contributed by atoms with Crippen molar-refractivity contribution in [2.75, 3.05) is 6.61 Å². The van der Waals surface area contributed by atoms with Gasteiger partial charge in [0.2, 0.25) is 0 Å². The lowest BCUT2D eigenvalue weighted by Crippen LogP contribution is -2.39. The van der Waals surface area contributed by atoms with Crippen molar-refractivity contribution in [2.24, 2.45) is 0 Å². The van der Waals surface area contributed by atoms with Gasteiger partial charge in [0, 0.05) is 9.13 Å². The summed E-state index contributed by atoms with van der Waals surface area (Å²) in [5.41, 5.74) is 0.529. The lowest BCUT2D eigenvalue weighted by Gasteiger charge is -2.12. The highest BCUT2D eigenvalue weighted by Crippen LogP contribution is 2.06. The third-order valence-corrected chi connectivity index (χ3v) is 2.81. The number of hydrogen-bond donors (Lipinski definition) is 1. The predicted molar refractivity (Wildman–Crippen MR) is 72.7 cm³/mol. The molecule has 5 heteroatoms. The fraction of sp³-hybridized carbons (Fsp3) is 0.333. The van der Waals surface area contributed by atoms with Crippen molar-refractivity contribution in [3.8, 4) is 0 Å². The van der Waals surface area contributed by atoms with Crippen molar-refractivity contribution in [2.45, 2.75) is 19.9 Å². The van der Waals surface area contributed by atoms with Crippen LogP contribution in [-0.2, 0) is 9.53 Å². The van der Waals surface area contributed by atoms with Gasteiger partial charge >= 0.3 is 5.97 Å². The van der Waals surface area contributed by atoms with Crippen LogP contribution in [0.1, 0.15) is 24.2 Å². The Morgan fingerprint density at radius 3 is 2.47 bits per heavy atom. The number of carbonyl (C=O) groups excluding carboxylic acids is 2. The third kappa shape index (κ3) is 4.33. The molecule has 0 bridgehead atoms. The van der Waals surface area contributed by atoms with Gasteiger partial charge in [-0.3, -0.25) is 4.79 Å². The number of benzene rings is 1. The SMILES string of the molecule is CCOC(=O)C(C)NC(=O)c1ccc(I)cc1. The van der Waals surface area contributed by atoms with Gasteiger partial charge in [0.25, 0.3) is 5.91 Å². The maximum atomic E-state index is 11.8. The van der Waals surface area contributed by atoms with Gasteiger partial charge in [0.05, 0.1) is 6.61 Å². The number of esters is 1. The van der Waals surface area contributed by atoms with Crippen LogP contribution in [0.4, 0.5) is 0 Å². The summed E-state index contributed by atoms with van der Waals surface area (Å²) in [6.07, 6.45) is 0. The van der Waals surface area contributed by atoms with E-state index in [4.69, 9.17) is 4.74 Å². The molecule has 1 aromatic carbocycles. The summed E-state index contributed by atoms with van der Waals surface area (Å²) < 4.78 is 5.86. The first-order valence-electron chi connectivity index (χ1n) is 5.27. The Bertz CT molecular complexity index is 403. The molecule has 0 aliphatic heterocycles. The van der Waals surface area contributed by atoms with Gasteiger partial charge in [-0.05, 0) is 60.7 Å². The Morgan fingerprint density at radius 2 is 1.94 bits per heavy atom. The van der Waals surface area contributed by atoms with E-state index in [0.29, 0.717) is 12.2 Å². The lowest BCUT2D eigenvalue weighted by atomic mass is 10.2. The molecule has 0 aliphatic carbocycles. The second-order valence-corrected chi connectivity index (χ2v) is 4.70. The predicted octanol–water partition coefficient (Wildman–Crippen LogP) is 1.97. The highest BCUT2D eigenvalue weighted by molar-refractivity contribution is 14.1. The zero-order chi connectivity index (χ0) is 12.8. The molecule has 92 valence electrons. The van der Waals surface area contributed by atoms with Crippen LogP contribution in [-0.4, -0.2) is 24.5 Å². The van der Waals surface area contributed by atoms with E-state index in [1.54, 1.807) is 26.0 Å². The summed E-state index contributed by atoms with van der Waals surface area (Å²) >= 11 is 2.16. The summed E-state index contributed by atoms with van der Waals surface area (Å²) in [5, 5.41) is 2.58. The molecule has 0 spiro atoms. The number of carbonyl (C=O) groups is 2. The Balaban J connectivity index is 2.60. The number of nitrogens with one attached hydrogen (secondary N) is 1. The average Bonchev–Trinajstić information content (AvgIpc) is 2.30. The van der Waals surface area contributed by atoms with Gasteiger partial charge in [-0.15, -0.1) is 0 Å². The fourth-order valence-corrected chi connectivity index (χ4v) is 1.57. The Kier molecular flexibility index (Phi) is 5.40. The standard InChI is InChI=1S/C12H14INO3/c1-3-17-12(16)8(2)14-11(15)9-4-6-10(13)7-5-9/h4-8H,3H2,1-2H3,(H,14,15). The van der Waals surface area contributed by atoms with E-state index in [9.17, 15) is 9.59 Å². The van der Waals surface area contributed by atoms with E-state index in [-0.39, 0.29) is 5.91 Å². The van der Waals surface area contributed by atoms with Gasteiger partial charge in [0.15, 0.2) is 0 Å². The molecular formula is C12H14INO3. The number of hydrogen-bond acceptors (Lipinski definition) is 3. The minimum Gasteiger partial charge on any atom is -0.464 e. The van der Waals surface area contributed by atoms with Crippen LogP contribution in [0.25, 0.3) is 0 Å². The zero-order valence-electron chi connectivity index (χ0n) is 9.70. The monoisotopic (exact) mass is 347 g/mol. The number of halogens is 1. The Labute approximate surface area is 114 Å². The van der Waals surface area contributed by atoms with Crippen LogP contribution in [0.3, 0.4) is 0 Å². The van der Waals surface area contributed by atoms with E-state index >= 15 is 0 Å². The molecule has 0 saturated carbocycles. The van der Waals surface area contributed by atoms with Crippen LogP contribution in [0, 0.1) is 3.57 Å². The second-order valence-electron chi connectivity index (χ2n) is 3.45. The summed E-state index contributed by atoms with van der Waals surface area (Å²) in [6.45, 7) is 3.64. The normalized spacial score (nSPS) is 11.7. The van der Waals surface area contributed by atoms with E-state index in [1.165, 1.54) is 0 Å². The molecule has 0 aromatic heterocycles. The first-order valence-corrected chi connectivity index (χ1v) is 6.35. The maximum absolute atomic E-state index is 11.8. The van der Waals surface area contributed by atoms with Crippen LogP contribution in [0.5, 0.6) is 0 Å². The van der Waals surface area contributed by atoms with Crippen molar-refractivity contribution >= 4 is 34.5 Å². The van der Waals surface area contributed by atoms with E-state index in [1.807, 2.05) is 12.1 Å². The molecule has 0 fully saturated rings. The van der Waals surface area contributed by atoms with Gasteiger partial charge in [0.1, 0.15) is 6.04 Å². The van der Waals surface area contributed by atoms with Crippen LogP contribution < -0.4 is 5.32 Å². The number of amides is 1. The van der Waals surface area contributed by atoms with Crippen LogP contribution in [0.15, 0.2) is 24.3 Å². The molecule has 17 heavy (non-hydrogen) atoms. The van der Waals surface area contributed by atoms with Crippen LogP contribution in [0.2, 0.25) is 0 Å². The molecule has 1 aromatic rings. The van der Waals surface area contributed by atoms with Crippen molar-refractivity contribution in [1.29, 1.82) is 0 Å². The highest BCUT2D eigenvalue weighted by Gasteiger charge is 2.17. The molecule has 1 N–H and O–H groups in total. The van der Waals surface area contributed by atoms with E-state index in [2.05, 4.69) is 27.9 Å². The summed E-state index contributed by atoms with van der Waals surface area (Å²) in [6, 6.07) is 6.47. The minimum absolute atomic E-state index is 0.276. The number of rotatable bonds is 4. The quantitative estimate of drug-likeness (QED) is 0.669. The van der Waals surface area contributed by atoms with Gasteiger partial charge < -0.3 is 10.1 Å². The molecule has 1 rings (SSSR count). The van der Waals surface area contributed by atoms with E-state index < -0.39 is 12.0 Å². The topological polar surface area (TPSA) is 55.4 Å². The van der Waals surface area contributed by atoms with Crippen molar-refractivity contribution in [1.82, 2.24) is 5.32 Å². The van der Waals surface area contributed by atoms with Crippen molar-refractivity contribution in [3.63, 3.8) is 0 Å². The highest BCUT2D eigenvalue weighted by atomic mass is 127. The van der Waals surface area contributed by atoms with Gasteiger partial charge in [-0.2, -0.15) is 0 Å². The molecular weight excluding hydrogens is 333 g/mol. The minimum atomic E-state index is -0.637. The van der Waals surface area contributed by atoms with Crippen molar-refractivity contribution < 1.29 is 14.3 Å². The van der Waals surface area contributed by atoms with Crippen molar-refractivity contribution in [3.05, 3.63) is 33.4 Å². The Morgan fingerprint density at radius 1 is 1.35 bits per heavy atom. The largest absolute Gasteiger partial charge is 0.464 e. The molecule has 0 radical (unpaired) electrons. The summed E-state index contributed by atoms with van der Waals surface area (Å²) in [4.78, 5) is 23.1. The van der Waals surface area contributed by atoms with Gasteiger partial charge in [-0.1, -0.05) is 0 Å². The molecule has 4 nitrogen and oxygen atoms in total. The smallest absolute Gasteiger partial charge is 0.328 e. The maximum Gasteiger partial charge on any atom is 0.328 e. The molecule has 1 amide bonds. The Hall–Kier alpha value is -1.11. The number of ether oxygens (including phenoxy) is 1. The van der Waals surface area contributed by atoms with Crippen LogP contribution >= 0.6 is 22.6 Å². The molecule has 1 atom stereocenters. The zero-order valence-corrected chi connectivity index (χ0v) is 11.9. The first-order chi connectivity index (χ1) is 8.04. The average molecular weight is 347 g/mol. The first kappa shape index (κ1) is 14.0. The third-order valence-electron chi connectivity index (χ3n) is 2.09. The molecule has 1 unspecified atom stereocenters. The van der Waals surface area contributed by atoms with Gasteiger partial charge in [-0.25, -0.2) is 4.79 Å². The lowest BCUT2D eigenvalue weighted by molar-refractivity contribution is -0.144.